The summed E-state index contributed by atoms with van der Waals surface area (Å²) in [4.78, 5) is 9.21. The molecule has 1 aromatic carbocycles. The van der Waals surface area contributed by atoms with Crippen molar-refractivity contribution in [2.75, 3.05) is 20.2 Å². The monoisotopic (exact) mass is 444 g/mol. The molecule has 0 N–H and O–H groups in total. The second kappa shape index (κ2) is 7.87. The summed E-state index contributed by atoms with van der Waals surface area (Å²) >= 11 is 0. The molecule has 3 aromatic rings. The van der Waals surface area contributed by atoms with Gasteiger partial charge in [-0.1, -0.05) is 0 Å². The van der Waals surface area contributed by atoms with Crippen molar-refractivity contribution in [3.63, 3.8) is 0 Å². The minimum absolute atomic E-state index is 0.121. The Morgan fingerprint density at radius 2 is 2.06 bits per heavy atom. The van der Waals surface area contributed by atoms with Crippen LogP contribution in [0, 0.1) is 11.7 Å². The number of halogens is 1. The van der Waals surface area contributed by atoms with Crippen molar-refractivity contribution in [2.24, 2.45) is 5.92 Å². The lowest BCUT2D eigenvalue weighted by Crippen LogP contribution is -2.41. The van der Waals surface area contributed by atoms with Crippen LogP contribution >= 0.6 is 0 Å². The molecule has 1 saturated carbocycles. The number of piperidine rings is 1. The molecule has 1 aliphatic carbocycles. The van der Waals surface area contributed by atoms with Crippen LogP contribution in [0.5, 0.6) is 5.75 Å². The highest BCUT2D eigenvalue weighted by molar-refractivity contribution is 7.89. The second-order valence-corrected chi connectivity index (χ2v) is 10.3. The fraction of sp³-hybridized carbons (Fsp3) is 0.455. The highest BCUT2D eigenvalue weighted by Crippen LogP contribution is 2.41. The molecule has 5 rings (SSSR count). The van der Waals surface area contributed by atoms with Gasteiger partial charge in [0.05, 0.1) is 7.11 Å². The predicted octanol–water partition coefficient (Wildman–Crippen LogP) is 3.56. The first kappa shape index (κ1) is 20.4. The van der Waals surface area contributed by atoms with E-state index in [1.807, 2.05) is 12.1 Å². The summed E-state index contributed by atoms with van der Waals surface area (Å²) in [5, 5.41) is 0. The van der Waals surface area contributed by atoms with Gasteiger partial charge in [0.25, 0.3) is 0 Å². The molecule has 0 amide bonds. The first-order chi connectivity index (χ1) is 15.0. The van der Waals surface area contributed by atoms with E-state index in [1.165, 1.54) is 23.5 Å². The third-order valence-corrected chi connectivity index (χ3v) is 8.03. The quantitative estimate of drug-likeness (QED) is 0.581. The number of pyridine rings is 1. The summed E-state index contributed by atoms with van der Waals surface area (Å²) in [5.74, 6) is 1.21. The fourth-order valence-corrected chi connectivity index (χ4v) is 6.17. The van der Waals surface area contributed by atoms with Gasteiger partial charge in [-0.05, 0) is 61.9 Å². The Morgan fingerprint density at radius 1 is 1.23 bits per heavy atom. The Hall–Kier alpha value is -2.52. The van der Waals surface area contributed by atoms with E-state index >= 15 is 0 Å². The molecule has 2 aromatic heterocycles. The van der Waals surface area contributed by atoms with Crippen LogP contribution in [-0.2, 0) is 16.6 Å². The van der Waals surface area contributed by atoms with E-state index in [-0.39, 0.29) is 16.6 Å². The average molecular weight is 445 g/mol. The number of benzene rings is 1. The lowest BCUT2D eigenvalue weighted by Gasteiger charge is -2.32. The zero-order chi connectivity index (χ0) is 21.6. The third-order valence-electron chi connectivity index (χ3n) is 6.14. The van der Waals surface area contributed by atoms with Crippen LogP contribution in [0.15, 0.2) is 41.4 Å². The van der Waals surface area contributed by atoms with Crippen LogP contribution < -0.4 is 4.74 Å². The average Bonchev–Trinajstić information content (AvgIpc) is 3.56. The topological polar surface area (TPSA) is 77.3 Å². The maximum atomic E-state index is 13.8. The van der Waals surface area contributed by atoms with Crippen molar-refractivity contribution in [1.82, 2.24) is 18.8 Å². The van der Waals surface area contributed by atoms with Crippen LogP contribution in [0.3, 0.4) is 0 Å². The Labute approximate surface area is 180 Å². The van der Waals surface area contributed by atoms with E-state index in [1.54, 1.807) is 6.20 Å². The van der Waals surface area contributed by atoms with E-state index < -0.39 is 15.8 Å². The molecule has 31 heavy (non-hydrogen) atoms. The number of rotatable bonds is 6. The molecule has 3 heterocycles. The molecule has 1 aliphatic heterocycles. The van der Waals surface area contributed by atoms with Gasteiger partial charge in [0.15, 0.2) is 5.65 Å². The molecule has 2 aliphatic rings. The van der Waals surface area contributed by atoms with Gasteiger partial charge in [-0.3, -0.25) is 0 Å². The summed E-state index contributed by atoms with van der Waals surface area (Å²) in [6, 6.07) is 7.45. The Bertz CT molecular complexity index is 1220. The van der Waals surface area contributed by atoms with Crippen molar-refractivity contribution in [3.05, 3.63) is 48.2 Å². The number of ether oxygens (including phenoxy) is 1. The van der Waals surface area contributed by atoms with Crippen LogP contribution in [0.25, 0.3) is 11.2 Å². The number of hydrogen-bond acceptors (Lipinski definition) is 5. The van der Waals surface area contributed by atoms with Crippen LogP contribution in [0.1, 0.15) is 37.4 Å². The number of fused-ring (bicyclic) bond motifs is 1. The van der Waals surface area contributed by atoms with Crippen molar-refractivity contribution < 1.29 is 17.5 Å². The summed E-state index contributed by atoms with van der Waals surface area (Å²) in [6.07, 6.45) is 5.70. The predicted molar refractivity (Wildman–Crippen MR) is 114 cm³/mol. The summed E-state index contributed by atoms with van der Waals surface area (Å²) in [7, 11) is -2.48. The minimum Gasteiger partial charge on any atom is -0.495 e. The van der Waals surface area contributed by atoms with Gasteiger partial charge in [-0.15, -0.1) is 0 Å². The Balaban J connectivity index is 1.42. The van der Waals surface area contributed by atoms with Crippen molar-refractivity contribution in [2.45, 2.75) is 43.0 Å². The van der Waals surface area contributed by atoms with Gasteiger partial charge in [0.2, 0.25) is 10.0 Å². The summed E-state index contributed by atoms with van der Waals surface area (Å²) in [5.41, 5.74) is 1.74. The second-order valence-electron chi connectivity index (χ2n) is 8.37. The zero-order valence-corrected chi connectivity index (χ0v) is 18.2. The van der Waals surface area contributed by atoms with Crippen LogP contribution in [0.2, 0.25) is 0 Å². The van der Waals surface area contributed by atoms with Gasteiger partial charge in [0.1, 0.15) is 27.8 Å². The molecular formula is C22H25FN4O3S. The molecule has 7 nitrogen and oxygen atoms in total. The third kappa shape index (κ3) is 3.80. The van der Waals surface area contributed by atoms with Crippen molar-refractivity contribution in [3.8, 4) is 5.75 Å². The first-order valence-corrected chi connectivity index (χ1v) is 12.1. The lowest BCUT2D eigenvalue weighted by atomic mass is 9.99. The molecule has 164 valence electrons. The first-order valence-electron chi connectivity index (χ1n) is 10.6. The molecule has 1 atom stereocenters. The standard InChI is InChI=1S/C22H25FN4O3S/c1-30-19-9-8-17(23)12-20(19)31(28,29)26-11-3-4-15(13-26)14-27-21(16-6-7-16)25-18-5-2-10-24-22(18)27/h2,5,8-10,12,15-16H,3-4,6-7,11,13-14H2,1H3. The molecule has 0 spiro atoms. The van der Waals surface area contributed by atoms with Crippen molar-refractivity contribution >= 4 is 21.2 Å². The van der Waals surface area contributed by atoms with E-state index in [0.29, 0.717) is 25.6 Å². The van der Waals surface area contributed by atoms with Crippen LogP contribution in [0.4, 0.5) is 4.39 Å². The van der Waals surface area contributed by atoms with Gasteiger partial charge < -0.3 is 9.30 Å². The summed E-state index contributed by atoms with van der Waals surface area (Å²) < 4.78 is 49.3. The zero-order valence-electron chi connectivity index (χ0n) is 17.4. The molecule has 1 saturated heterocycles. The molecular weight excluding hydrogens is 419 g/mol. The lowest BCUT2D eigenvalue weighted by molar-refractivity contribution is 0.244. The Morgan fingerprint density at radius 3 is 2.84 bits per heavy atom. The molecule has 9 heteroatoms. The molecule has 0 radical (unpaired) electrons. The van der Waals surface area contributed by atoms with Gasteiger partial charge in [0, 0.05) is 31.7 Å². The highest BCUT2D eigenvalue weighted by Gasteiger charge is 2.35. The van der Waals surface area contributed by atoms with Crippen molar-refractivity contribution in [1.29, 1.82) is 0 Å². The summed E-state index contributed by atoms with van der Waals surface area (Å²) in [6.45, 7) is 1.46. The fourth-order valence-electron chi connectivity index (χ4n) is 4.45. The Kier molecular flexibility index (Phi) is 5.18. The number of methoxy groups -OCH3 is 1. The number of sulfonamides is 1. The largest absolute Gasteiger partial charge is 0.495 e. The molecule has 1 unspecified atom stereocenters. The van der Waals surface area contributed by atoms with E-state index in [0.717, 1.165) is 48.7 Å². The maximum Gasteiger partial charge on any atom is 0.246 e. The van der Waals surface area contributed by atoms with Gasteiger partial charge >= 0.3 is 0 Å². The number of nitrogens with zero attached hydrogens (tertiary/aromatic N) is 4. The normalized spacial score (nSPS) is 20.3. The molecule has 0 bridgehead atoms. The van der Waals surface area contributed by atoms with Gasteiger partial charge in [-0.25, -0.2) is 22.8 Å². The smallest absolute Gasteiger partial charge is 0.246 e. The van der Waals surface area contributed by atoms with Gasteiger partial charge in [-0.2, -0.15) is 4.31 Å². The number of hydrogen-bond donors (Lipinski definition) is 0. The highest BCUT2D eigenvalue weighted by atomic mass is 32.2. The van der Waals surface area contributed by atoms with Crippen LogP contribution in [-0.4, -0.2) is 47.5 Å². The number of aromatic nitrogens is 3. The molecule has 2 fully saturated rings. The van der Waals surface area contributed by atoms with E-state index in [9.17, 15) is 12.8 Å². The number of imidazole rings is 1. The maximum absolute atomic E-state index is 13.8. The SMILES string of the molecule is COc1ccc(F)cc1S(=O)(=O)N1CCCC(Cn2c(C3CC3)nc3cccnc32)C1. The van der Waals surface area contributed by atoms with E-state index in [2.05, 4.69) is 9.55 Å². The van der Waals surface area contributed by atoms with E-state index in [4.69, 9.17) is 9.72 Å². The minimum atomic E-state index is -3.87.